The lowest BCUT2D eigenvalue weighted by molar-refractivity contribution is 0.0600. The highest BCUT2D eigenvalue weighted by Crippen LogP contribution is 2.44. The number of hydrogen-bond donors (Lipinski definition) is 4. The zero-order valence-corrected chi connectivity index (χ0v) is 16.0. The number of phenols is 3. The van der Waals surface area contributed by atoms with Crippen LogP contribution in [0.3, 0.4) is 0 Å². The Morgan fingerprint density at radius 2 is 1.80 bits per heavy atom. The average Bonchev–Trinajstić information content (AvgIpc) is 3.13. The monoisotopic (exact) mass is 405 g/mol. The van der Waals surface area contributed by atoms with E-state index in [1.807, 2.05) is 30.3 Å². The Balaban J connectivity index is 1.88. The molecule has 30 heavy (non-hydrogen) atoms. The number of ether oxygens (including phenoxy) is 1. The summed E-state index contributed by atoms with van der Waals surface area (Å²) in [5, 5.41) is 33.3. The van der Waals surface area contributed by atoms with E-state index in [-0.39, 0.29) is 5.56 Å². The number of esters is 1. The molecule has 4 rings (SSSR count). The lowest BCUT2D eigenvalue weighted by Gasteiger charge is -2.11. The molecule has 0 aliphatic heterocycles. The molecule has 0 amide bonds. The number of nitrogens with zero attached hydrogens (tertiary/aromatic N) is 2. The molecule has 2 heterocycles. The van der Waals surface area contributed by atoms with Gasteiger partial charge in [-0.1, -0.05) is 30.3 Å². The number of anilines is 1. The number of carbonyl (C=O) groups is 1. The highest BCUT2D eigenvalue weighted by molar-refractivity contribution is 5.90. The Labute approximate surface area is 171 Å². The first kappa shape index (κ1) is 19.1. The number of carbonyl (C=O) groups excluding carboxylic acids is 1. The van der Waals surface area contributed by atoms with E-state index in [4.69, 9.17) is 4.74 Å². The Morgan fingerprint density at radius 3 is 2.53 bits per heavy atom. The van der Waals surface area contributed by atoms with Crippen molar-refractivity contribution in [1.82, 2.24) is 9.38 Å². The van der Waals surface area contributed by atoms with Crippen molar-refractivity contribution in [3.63, 3.8) is 0 Å². The van der Waals surface area contributed by atoms with Crippen molar-refractivity contribution in [3.8, 4) is 28.5 Å². The minimum Gasteiger partial charge on any atom is -0.504 e. The highest BCUT2D eigenvalue weighted by Gasteiger charge is 2.21. The molecule has 0 aliphatic carbocycles. The molecule has 2 aromatic heterocycles. The van der Waals surface area contributed by atoms with Gasteiger partial charge < -0.3 is 25.4 Å². The van der Waals surface area contributed by atoms with E-state index in [2.05, 4.69) is 10.3 Å². The number of benzene rings is 2. The van der Waals surface area contributed by atoms with Crippen LogP contribution in [0.15, 0.2) is 60.8 Å². The van der Waals surface area contributed by atoms with Gasteiger partial charge >= 0.3 is 5.97 Å². The molecule has 0 bridgehead atoms. The second-order valence-electron chi connectivity index (χ2n) is 6.62. The molecule has 0 unspecified atom stereocenters. The molecular formula is C22H19N3O5. The first-order chi connectivity index (χ1) is 14.5. The molecule has 0 atom stereocenters. The zero-order valence-electron chi connectivity index (χ0n) is 16.0. The number of aromatic nitrogens is 2. The second kappa shape index (κ2) is 7.67. The minimum absolute atomic E-state index is 0.226. The summed E-state index contributed by atoms with van der Waals surface area (Å²) in [6.07, 6.45) is 1.59. The predicted molar refractivity (Wildman–Crippen MR) is 111 cm³/mol. The summed E-state index contributed by atoms with van der Waals surface area (Å²) in [4.78, 5) is 16.5. The molecule has 2 aromatic carbocycles. The summed E-state index contributed by atoms with van der Waals surface area (Å²) in [7, 11) is 1.30. The third-order valence-electron chi connectivity index (χ3n) is 4.73. The number of hydrogen-bond acceptors (Lipinski definition) is 7. The molecule has 0 spiro atoms. The summed E-state index contributed by atoms with van der Waals surface area (Å²) in [5.41, 5.74) is 2.43. The van der Waals surface area contributed by atoms with E-state index in [9.17, 15) is 20.1 Å². The number of methoxy groups -OCH3 is 1. The number of aromatic hydroxyl groups is 3. The van der Waals surface area contributed by atoms with Crippen molar-refractivity contribution in [1.29, 1.82) is 0 Å². The number of imidazole rings is 1. The molecule has 0 saturated heterocycles. The first-order valence-electron chi connectivity index (χ1n) is 9.12. The van der Waals surface area contributed by atoms with Gasteiger partial charge in [0.1, 0.15) is 17.2 Å². The highest BCUT2D eigenvalue weighted by atomic mass is 16.5. The summed E-state index contributed by atoms with van der Waals surface area (Å²) >= 11 is 0. The van der Waals surface area contributed by atoms with Gasteiger partial charge in [-0.3, -0.25) is 4.40 Å². The van der Waals surface area contributed by atoms with E-state index < -0.39 is 23.2 Å². The Hall–Kier alpha value is -4.20. The van der Waals surface area contributed by atoms with Gasteiger partial charge in [0, 0.05) is 18.3 Å². The summed E-state index contributed by atoms with van der Waals surface area (Å²) in [5.74, 6) is -1.55. The van der Waals surface area contributed by atoms with Gasteiger partial charge in [-0.25, -0.2) is 9.78 Å². The smallest absolute Gasteiger partial charge is 0.339 e. The van der Waals surface area contributed by atoms with E-state index in [0.29, 0.717) is 29.3 Å². The number of pyridine rings is 1. The van der Waals surface area contributed by atoms with Gasteiger partial charge in [0.15, 0.2) is 11.5 Å². The topological polar surface area (TPSA) is 116 Å². The Morgan fingerprint density at radius 1 is 1.03 bits per heavy atom. The van der Waals surface area contributed by atoms with E-state index >= 15 is 0 Å². The van der Waals surface area contributed by atoms with Crippen LogP contribution in [0.5, 0.6) is 17.2 Å². The van der Waals surface area contributed by atoms with Crippen molar-refractivity contribution in [2.45, 2.75) is 6.54 Å². The molecule has 0 aliphatic rings. The van der Waals surface area contributed by atoms with Crippen LogP contribution in [0.2, 0.25) is 0 Å². The number of fused-ring (bicyclic) bond motifs is 1. The summed E-state index contributed by atoms with van der Waals surface area (Å²) in [6.45, 7) is 0.453. The Kier molecular flexibility index (Phi) is 4.89. The fourth-order valence-corrected chi connectivity index (χ4v) is 3.18. The third-order valence-corrected chi connectivity index (χ3v) is 4.73. The van der Waals surface area contributed by atoms with Gasteiger partial charge in [0.25, 0.3) is 0 Å². The maximum atomic E-state index is 12.0. The maximum absolute atomic E-state index is 12.0. The fourth-order valence-electron chi connectivity index (χ4n) is 3.18. The lowest BCUT2D eigenvalue weighted by Crippen LogP contribution is -2.06. The molecular weight excluding hydrogens is 386 g/mol. The lowest BCUT2D eigenvalue weighted by atomic mass is 10.1. The molecule has 8 nitrogen and oxygen atoms in total. The molecule has 0 radical (unpaired) electrons. The number of nitrogens with one attached hydrogen (secondary N) is 1. The van der Waals surface area contributed by atoms with Crippen molar-refractivity contribution in [2.75, 3.05) is 12.4 Å². The van der Waals surface area contributed by atoms with Crippen molar-refractivity contribution >= 4 is 17.4 Å². The molecule has 0 saturated carbocycles. The van der Waals surface area contributed by atoms with Crippen LogP contribution in [0.1, 0.15) is 15.9 Å². The van der Waals surface area contributed by atoms with Crippen LogP contribution < -0.4 is 5.32 Å². The molecule has 4 N–H and O–H groups in total. The van der Waals surface area contributed by atoms with E-state index in [0.717, 1.165) is 5.56 Å². The normalized spacial score (nSPS) is 10.8. The fraction of sp³-hybridized carbons (Fsp3) is 0.0909. The molecule has 152 valence electrons. The van der Waals surface area contributed by atoms with Crippen molar-refractivity contribution in [2.24, 2.45) is 0 Å². The van der Waals surface area contributed by atoms with Gasteiger partial charge in [0.05, 0.1) is 12.7 Å². The summed E-state index contributed by atoms with van der Waals surface area (Å²) < 4.78 is 6.47. The van der Waals surface area contributed by atoms with Crippen molar-refractivity contribution < 1.29 is 24.9 Å². The largest absolute Gasteiger partial charge is 0.504 e. The Bertz CT molecular complexity index is 1230. The summed E-state index contributed by atoms with van der Waals surface area (Å²) in [6, 6.07) is 15.7. The second-order valence-corrected chi connectivity index (χ2v) is 6.62. The van der Waals surface area contributed by atoms with Crippen LogP contribution in [-0.4, -0.2) is 37.8 Å². The number of rotatable bonds is 5. The molecule has 8 heteroatoms. The maximum Gasteiger partial charge on any atom is 0.339 e. The number of phenolic OH excluding ortho intramolecular Hbond substituents is 3. The average molecular weight is 405 g/mol. The van der Waals surface area contributed by atoms with Gasteiger partial charge in [0.2, 0.25) is 5.75 Å². The van der Waals surface area contributed by atoms with Crippen LogP contribution in [-0.2, 0) is 11.3 Å². The van der Waals surface area contributed by atoms with E-state index in [1.54, 1.807) is 22.7 Å². The molecule has 4 aromatic rings. The van der Waals surface area contributed by atoms with Crippen LogP contribution in [0.25, 0.3) is 16.9 Å². The zero-order chi connectivity index (χ0) is 21.3. The SMILES string of the molecule is COC(=O)c1ccc2nc(-c3ccc(O)c(O)c3O)c(NCc3ccccc3)n2c1. The minimum atomic E-state index is -0.631. The van der Waals surface area contributed by atoms with Crippen LogP contribution in [0, 0.1) is 0 Å². The van der Waals surface area contributed by atoms with E-state index in [1.165, 1.54) is 19.2 Å². The van der Waals surface area contributed by atoms with Gasteiger partial charge in [-0.15, -0.1) is 0 Å². The molecule has 0 fully saturated rings. The third kappa shape index (κ3) is 3.35. The first-order valence-corrected chi connectivity index (χ1v) is 9.12. The van der Waals surface area contributed by atoms with Crippen LogP contribution >= 0.6 is 0 Å². The van der Waals surface area contributed by atoms with Gasteiger partial charge in [-0.2, -0.15) is 0 Å². The van der Waals surface area contributed by atoms with Crippen LogP contribution in [0.4, 0.5) is 5.82 Å². The van der Waals surface area contributed by atoms with Crippen molar-refractivity contribution in [3.05, 3.63) is 71.9 Å². The quantitative estimate of drug-likeness (QED) is 0.296. The predicted octanol–water partition coefficient (Wildman–Crippen LogP) is 3.52. The standard InChI is InChI=1S/C22H19N3O5/c1-30-22(29)14-7-10-17-24-18(15-8-9-16(26)20(28)19(15)27)21(25(17)12-14)23-11-13-5-3-2-4-6-13/h2-10,12,23,26-28H,11H2,1H3. The van der Waals surface area contributed by atoms with Gasteiger partial charge in [-0.05, 0) is 29.8 Å².